The second-order valence-corrected chi connectivity index (χ2v) is 5.25. The Hall–Kier alpha value is -0.410. The molecule has 0 spiro atoms. The molecule has 0 aromatic carbocycles. The van der Waals surface area contributed by atoms with Gasteiger partial charge in [-0.25, -0.2) is 0 Å². The number of carbonyl (C=O) groups is 1. The molecular weight excluding hydrogens is 216 g/mol. The molecule has 0 amide bonds. The summed E-state index contributed by atoms with van der Waals surface area (Å²) in [4.78, 5) is 11.5. The Labute approximate surface area is 104 Å². The number of ketones is 1. The van der Waals surface area contributed by atoms with Crippen molar-refractivity contribution in [2.75, 3.05) is 6.61 Å². The highest BCUT2D eigenvalue weighted by Gasteiger charge is 2.42. The van der Waals surface area contributed by atoms with E-state index >= 15 is 0 Å². The third kappa shape index (κ3) is 3.52. The summed E-state index contributed by atoms with van der Waals surface area (Å²) in [6.07, 6.45) is 9.18. The van der Waals surface area contributed by atoms with Gasteiger partial charge in [0, 0.05) is 13.0 Å². The van der Waals surface area contributed by atoms with Crippen molar-refractivity contribution >= 4 is 5.78 Å². The zero-order valence-electron chi connectivity index (χ0n) is 10.8. The first-order valence-corrected chi connectivity index (χ1v) is 7.11. The molecule has 3 nitrogen and oxygen atoms in total. The smallest absolute Gasteiger partial charge is 0.166 e. The zero-order valence-corrected chi connectivity index (χ0v) is 10.8. The Kier molecular flexibility index (Phi) is 4.99. The molecule has 0 aromatic rings. The van der Waals surface area contributed by atoms with Crippen LogP contribution in [-0.4, -0.2) is 30.7 Å². The van der Waals surface area contributed by atoms with Gasteiger partial charge in [-0.05, 0) is 19.3 Å². The molecule has 2 aliphatic rings. The summed E-state index contributed by atoms with van der Waals surface area (Å²) in [6.45, 7) is 2.73. The van der Waals surface area contributed by atoms with Crippen molar-refractivity contribution in [1.82, 2.24) is 0 Å². The van der Waals surface area contributed by atoms with Gasteiger partial charge in [-0.1, -0.05) is 32.6 Å². The molecule has 2 aliphatic carbocycles. The molecule has 2 saturated carbocycles. The SMILES string of the molecule is CCCOC1C(=O)CC1OC1CCCCCC1. The van der Waals surface area contributed by atoms with Gasteiger partial charge in [-0.15, -0.1) is 0 Å². The van der Waals surface area contributed by atoms with Gasteiger partial charge in [0.15, 0.2) is 5.78 Å². The van der Waals surface area contributed by atoms with Crippen molar-refractivity contribution in [3.05, 3.63) is 0 Å². The van der Waals surface area contributed by atoms with E-state index < -0.39 is 0 Å². The lowest BCUT2D eigenvalue weighted by Crippen LogP contribution is -2.51. The lowest BCUT2D eigenvalue weighted by atomic mass is 9.89. The summed E-state index contributed by atoms with van der Waals surface area (Å²) in [6, 6.07) is 0. The number of ether oxygens (including phenoxy) is 2. The minimum Gasteiger partial charge on any atom is -0.371 e. The van der Waals surface area contributed by atoms with E-state index in [4.69, 9.17) is 9.47 Å². The highest BCUT2D eigenvalue weighted by Crippen LogP contribution is 2.28. The van der Waals surface area contributed by atoms with E-state index in [1.807, 2.05) is 0 Å². The van der Waals surface area contributed by atoms with Crippen LogP contribution in [-0.2, 0) is 14.3 Å². The lowest BCUT2D eigenvalue weighted by molar-refractivity contribution is -0.174. The van der Waals surface area contributed by atoms with Crippen LogP contribution in [0.1, 0.15) is 58.3 Å². The summed E-state index contributed by atoms with van der Waals surface area (Å²) in [5.74, 6) is 0.220. The van der Waals surface area contributed by atoms with E-state index in [-0.39, 0.29) is 18.0 Å². The summed E-state index contributed by atoms with van der Waals surface area (Å²) in [5, 5.41) is 0. The van der Waals surface area contributed by atoms with Crippen molar-refractivity contribution < 1.29 is 14.3 Å². The van der Waals surface area contributed by atoms with Crippen LogP contribution in [0.5, 0.6) is 0 Å². The van der Waals surface area contributed by atoms with Gasteiger partial charge in [-0.2, -0.15) is 0 Å². The fourth-order valence-corrected chi connectivity index (χ4v) is 2.66. The molecule has 0 radical (unpaired) electrons. The van der Waals surface area contributed by atoms with Crippen molar-refractivity contribution in [2.24, 2.45) is 0 Å². The van der Waals surface area contributed by atoms with Crippen LogP contribution in [0.25, 0.3) is 0 Å². The molecule has 0 bridgehead atoms. The summed E-state index contributed by atoms with van der Waals surface area (Å²) in [7, 11) is 0. The zero-order chi connectivity index (χ0) is 12.1. The van der Waals surface area contributed by atoms with Crippen molar-refractivity contribution in [3.8, 4) is 0 Å². The summed E-state index contributed by atoms with van der Waals surface area (Å²) in [5.41, 5.74) is 0. The minimum atomic E-state index is -0.266. The number of Topliss-reactive ketones (excluding diaryl/α,β-unsaturated/α-hetero) is 1. The van der Waals surface area contributed by atoms with Gasteiger partial charge in [0.25, 0.3) is 0 Å². The average molecular weight is 240 g/mol. The third-order valence-electron chi connectivity index (χ3n) is 3.73. The monoisotopic (exact) mass is 240 g/mol. The molecule has 2 fully saturated rings. The third-order valence-corrected chi connectivity index (χ3v) is 3.73. The van der Waals surface area contributed by atoms with E-state index in [0.29, 0.717) is 19.1 Å². The Bertz CT molecular complexity index is 244. The van der Waals surface area contributed by atoms with E-state index in [9.17, 15) is 4.79 Å². The van der Waals surface area contributed by atoms with Crippen LogP contribution >= 0.6 is 0 Å². The summed E-state index contributed by atoms with van der Waals surface area (Å²) >= 11 is 0. The maximum atomic E-state index is 11.5. The van der Waals surface area contributed by atoms with E-state index in [0.717, 1.165) is 19.3 Å². The van der Waals surface area contributed by atoms with Gasteiger partial charge in [0.05, 0.1) is 12.2 Å². The molecule has 0 aromatic heterocycles. The molecule has 0 heterocycles. The highest BCUT2D eigenvalue weighted by atomic mass is 16.6. The minimum absolute atomic E-state index is 0.0390. The molecule has 17 heavy (non-hydrogen) atoms. The van der Waals surface area contributed by atoms with Crippen LogP contribution in [0.15, 0.2) is 0 Å². The second-order valence-electron chi connectivity index (χ2n) is 5.25. The van der Waals surface area contributed by atoms with Crippen molar-refractivity contribution in [3.63, 3.8) is 0 Å². The van der Waals surface area contributed by atoms with E-state index in [2.05, 4.69) is 6.92 Å². The Morgan fingerprint density at radius 1 is 1.18 bits per heavy atom. The standard InChI is InChI=1S/C14H24O3/c1-2-9-16-14-12(15)10-13(14)17-11-7-5-3-4-6-8-11/h11,13-14H,2-10H2,1H3. The molecule has 2 unspecified atom stereocenters. The van der Waals surface area contributed by atoms with Crippen LogP contribution in [0.4, 0.5) is 0 Å². The first kappa shape index (κ1) is 13.0. The van der Waals surface area contributed by atoms with Crippen LogP contribution in [0, 0.1) is 0 Å². The predicted octanol–water partition coefficient (Wildman–Crippen LogP) is 2.86. The fraction of sp³-hybridized carbons (Fsp3) is 0.929. The lowest BCUT2D eigenvalue weighted by Gasteiger charge is -2.36. The maximum absolute atomic E-state index is 11.5. The van der Waals surface area contributed by atoms with Gasteiger partial charge in [0.2, 0.25) is 0 Å². The molecule has 0 N–H and O–H groups in total. The van der Waals surface area contributed by atoms with Crippen molar-refractivity contribution in [2.45, 2.75) is 76.6 Å². The van der Waals surface area contributed by atoms with Crippen molar-refractivity contribution in [1.29, 1.82) is 0 Å². The normalized spacial score (nSPS) is 31.0. The highest BCUT2D eigenvalue weighted by molar-refractivity contribution is 5.90. The van der Waals surface area contributed by atoms with Gasteiger partial charge < -0.3 is 9.47 Å². The number of carbonyl (C=O) groups excluding carboxylic acids is 1. The van der Waals surface area contributed by atoms with Gasteiger partial charge >= 0.3 is 0 Å². The average Bonchev–Trinajstić information content (AvgIpc) is 2.57. The van der Waals surface area contributed by atoms with Crippen LogP contribution in [0.2, 0.25) is 0 Å². The Morgan fingerprint density at radius 3 is 2.47 bits per heavy atom. The molecule has 98 valence electrons. The quantitative estimate of drug-likeness (QED) is 0.693. The van der Waals surface area contributed by atoms with Gasteiger partial charge in [-0.3, -0.25) is 4.79 Å². The Morgan fingerprint density at radius 2 is 1.88 bits per heavy atom. The molecule has 0 aliphatic heterocycles. The number of hydrogen-bond acceptors (Lipinski definition) is 3. The second kappa shape index (κ2) is 6.50. The largest absolute Gasteiger partial charge is 0.371 e. The fourth-order valence-electron chi connectivity index (χ4n) is 2.66. The molecule has 3 heteroatoms. The molecular formula is C14H24O3. The molecule has 2 rings (SSSR count). The maximum Gasteiger partial charge on any atom is 0.166 e. The first-order valence-electron chi connectivity index (χ1n) is 7.11. The predicted molar refractivity (Wildman–Crippen MR) is 66.0 cm³/mol. The topological polar surface area (TPSA) is 35.5 Å². The van der Waals surface area contributed by atoms with E-state index in [1.54, 1.807) is 0 Å². The van der Waals surface area contributed by atoms with Gasteiger partial charge in [0.1, 0.15) is 6.10 Å². The van der Waals surface area contributed by atoms with Crippen LogP contribution in [0.3, 0.4) is 0 Å². The first-order chi connectivity index (χ1) is 8.31. The Balaban J connectivity index is 1.75. The van der Waals surface area contributed by atoms with E-state index in [1.165, 1.54) is 25.7 Å². The number of hydrogen-bond donors (Lipinski definition) is 0. The molecule has 0 saturated heterocycles. The summed E-state index contributed by atoms with van der Waals surface area (Å²) < 4.78 is 11.6. The van der Waals surface area contributed by atoms with Crippen LogP contribution < -0.4 is 0 Å². The molecule has 2 atom stereocenters. The number of rotatable bonds is 5.